The minimum Gasteiger partial charge on any atom is -0.386 e. The van der Waals surface area contributed by atoms with Crippen molar-refractivity contribution in [1.82, 2.24) is 0 Å². The Kier molecular flexibility index (Phi) is 2.53. The van der Waals surface area contributed by atoms with Crippen molar-refractivity contribution in [2.75, 3.05) is 0 Å². The Morgan fingerprint density at radius 3 is 2.11 bits per heavy atom. The number of hydrogen-bond acceptors (Lipinski definition) is 8. The summed E-state index contributed by atoms with van der Waals surface area (Å²) in [4.78, 5) is 0. The molecule has 0 aromatic carbocycles. The van der Waals surface area contributed by atoms with Crippen LogP contribution in [0.1, 0.15) is 53.9 Å². The highest BCUT2D eigenvalue weighted by molar-refractivity contribution is 5.54. The minimum atomic E-state index is -2.80. The fourth-order valence-corrected chi connectivity index (χ4v) is 9.34. The summed E-state index contributed by atoms with van der Waals surface area (Å²) in [7, 11) is 0. The molecule has 0 aromatic rings. The number of fused-ring (bicyclic) bond motifs is 11. The summed E-state index contributed by atoms with van der Waals surface area (Å²) in [6, 6.07) is 0. The molecule has 11 atom stereocenters. The third-order valence-electron chi connectivity index (χ3n) is 10.6. The molecule has 5 aliphatic rings. The van der Waals surface area contributed by atoms with Crippen LogP contribution in [-0.4, -0.2) is 75.8 Å². The Bertz CT molecular complexity index is 850. The summed E-state index contributed by atoms with van der Waals surface area (Å²) in [5.74, 6) is -6.78. The number of ether oxygens (including phenoxy) is 2. The standard InChI is InChI=1S/C20H30O8/c1-9(2)14-8-16(22)12(4)11(14)18(24)13(5,27-14)19(16,25)20(26,28-18)17(23)10(3)6-7-15(12,17)21/h9-11,21-26H,6-8H2,1-5H3/t10-,11+,12+,13-,14+,15+,16-,17+,18+,19-,20-/m1/s1. The molecule has 8 heteroatoms. The molecule has 0 unspecified atom stereocenters. The van der Waals surface area contributed by atoms with E-state index < -0.39 is 62.4 Å². The fourth-order valence-electron chi connectivity index (χ4n) is 9.34. The minimum absolute atomic E-state index is 0.0777. The Hall–Kier alpha value is -0.320. The van der Waals surface area contributed by atoms with Crippen LogP contribution >= 0.6 is 0 Å². The summed E-state index contributed by atoms with van der Waals surface area (Å²) in [6.07, 6.45) is 0.395. The third kappa shape index (κ3) is 0.990. The van der Waals surface area contributed by atoms with E-state index >= 15 is 0 Å². The van der Waals surface area contributed by atoms with Crippen molar-refractivity contribution >= 4 is 0 Å². The van der Waals surface area contributed by atoms with Gasteiger partial charge in [0.15, 0.2) is 16.8 Å². The van der Waals surface area contributed by atoms with E-state index in [1.165, 1.54) is 6.92 Å². The predicted molar refractivity (Wildman–Crippen MR) is 92.5 cm³/mol. The van der Waals surface area contributed by atoms with E-state index in [0.717, 1.165) is 0 Å². The Morgan fingerprint density at radius 2 is 1.54 bits per heavy atom. The molecule has 0 aromatic heterocycles. The lowest BCUT2D eigenvalue weighted by Crippen LogP contribution is -2.95. The summed E-state index contributed by atoms with van der Waals surface area (Å²) in [5.41, 5.74) is -13.4. The van der Waals surface area contributed by atoms with Gasteiger partial charge in [-0.2, -0.15) is 0 Å². The lowest BCUT2D eigenvalue weighted by Gasteiger charge is -2.72. The van der Waals surface area contributed by atoms with Gasteiger partial charge in [-0.15, -0.1) is 0 Å². The molecule has 2 heterocycles. The number of hydrogen-bond donors (Lipinski definition) is 6. The van der Waals surface area contributed by atoms with E-state index in [4.69, 9.17) is 9.47 Å². The molecule has 5 fully saturated rings. The van der Waals surface area contributed by atoms with Gasteiger partial charge in [-0.3, -0.25) is 0 Å². The number of rotatable bonds is 1. The summed E-state index contributed by atoms with van der Waals surface area (Å²) >= 11 is 0. The maximum absolute atomic E-state index is 12.1. The molecule has 0 bridgehead atoms. The molecule has 3 aliphatic carbocycles. The molecule has 2 saturated heterocycles. The molecular weight excluding hydrogens is 368 g/mol. The van der Waals surface area contributed by atoms with Gasteiger partial charge < -0.3 is 40.1 Å². The molecule has 158 valence electrons. The van der Waals surface area contributed by atoms with E-state index in [-0.39, 0.29) is 18.8 Å². The summed E-state index contributed by atoms with van der Waals surface area (Å²) < 4.78 is 12.2. The highest BCUT2D eigenvalue weighted by Gasteiger charge is 3.10. The Morgan fingerprint density at radius 1 is 0.929 bits per heavy atom. The SMILES string of the molecule is CC(C)[C@@]12C[C@@]3(O)[C@@]4(C)[C@@H]1[C@]1(O)O[C@](O)([C@]5(O)[C@H](C)CC[C@]45O)[C@@]3(O)[C@]1(C)O2. The van der Waals surface area contributed by atoms with Crippen LogP contribution in [-0.2, 0) is 9.47 Å². The first kappa shape index (κ1) is 18.4. The first-order valence-electron chi connectivity index (χ1n) is 10.3. The quantitative estimate of drug-likeness (QED) is 0.309. The van der Waals surface area contributed by atoms with E-state index in [2.05, 4.69) is 0 Å². The van der Waals surface area contributed by atoms with Gasteiger partial charge in [0.2, 0.25) is 11.6 Å². The molecule has 5 rings (SSSR count). The second kappa shape index (κ2) is 3.84. The van der Waals surface area contributed by atoms with Crippen molar-refractivity contribution in [2.24, 2.45) is 23.2 Å². The number of aliphatic hydroxyl groups is 6. The van der Waals surface area contributed by atoms with Crippen molar-refractivity contribution in [3.63, 3.8) is 0 Å². The maximum Gasteiger partial charge on any atom is 0.236 e. The van der Waals surface area contributed by atoms with Crippen LogP contribution in [0.3, 0.4) is 0 Å². The van der Waals surface area contributed by atoms with Gasteiger partial charge in [0.1, 0.15) is 11.2 Å². The van der Waals surface area contributed by atoms with E-state index in [0.29, 0.717) is 6.42 Å². The van der Waals surface area contributed by atoms with Gasteiger partial charge in [-0.05, 0) is 31.6 Å². The van der Waals surface area contributed by atoms with Crippen molar-refractivity contribution in [3.05, 3.63) is 0 Å². The molecule has 28 heavy (non-hydrogen) atoms. The zero-order valence-electron chi connectivity index (χ0n) is 16.9. The topological polar surface area (TPSA) is 140 Å². The monoisotopic (exact) mass is 398 g/mol. The van der Waals surface area contributed by atoms with Gasteiger partial charge in [-0.1, -0.05) is 27.7 Å². The summed E-state index contributed by atoms with van der Waals surface area (Å²) in [5, 5.41) is 71.8. The van der Waals surface area contributed by atoms with Crippen LogP contribution in [0.5, 0.6) is 0 Å². The van der Waals surface area contributed by atoms with Gasteiger partial charge in [0.25, 0.3) is 0 Å². The predicted octanol–water partition coefficient (Wildman–Crippen LogP) is -1.01. The van der Waals surface area contributed by atoms with Crippen LogP contribution < -0.4 is 0 Å². The van der Waals surface area contributed by atoms with Gasteiger partial charge in [0, 0.05) is 11.8 Å². The van der Waals surface area contributed by atoms with Crippen LogP contribution in [0.15, 0.2) is 0 Å². The molecule has 6 N–H and O–H groups in total. The van der Waals surface area contributed by atoms with Crippen LogP contribution in [0.2, 0.25) is 0 Å². The second-order valence-electron chi connectivity index (χ2n) is 11.1. The van der Waals surface area contributed by atoms with Crippen molar-refractivity contribution in [2.45, 2.75) is 99.1 Å². The second-order valence-corrected chi connectivity index (χ2v) is 11.1. The molecule has 0 spiro atoms. The molecule has 0 amide bonds. The average molecular weight is 398 g/mol. The smallest absolute Gasteiger partial charge is 0.236 e. The van der Waals surface area contributed by atoms with Gasteiger partial charge in [-0.25, -0.2) is 0 Å². The highest BCUT2D eigenvalue weighted by atomic mass is 16.8. The molecule has 0 radical (unpaired) electrons. The fraction of sp³-hybridized carbons (Fsp3) is 1.00. The normalized spacial score (nSPS) is 75.9. The molecule has 2 aliphatic heterocycles. The largest absolute Gasteiger partial charge is 0.386 e. The van der Waals surface area contributed by atoms with Crippen LogP contribution in [0.25, 0.3) is 0 Å². The summed E-state index contributed by atoms with van der Waals surface area (Å²) in [6.45, 7) is 8.50. The lowest BCUT2D eigenvalue weighted by atomic mass is 9.37. The maximum atomic E-state index is 12.1. The van der Waals surface area contributed by atoms with Crippen LogP contribution in [0, 0.1) is 23.2 Å². The van der Waals surface area contributed by atoms with E-state index in [1.807, 2.05) is 13.8 Å². The average Bonchev–Trinajstić information content (AvgIpc) is 3.05. The zero-order valence-corrected chi connectivity index (χ0v) is 16.9. The molecular formula is C20H30O8. The van der Waals surface area contributed by atoms with Gasteiger partial charge in [0.05, 0.1) is 11.5 Å². The Labute approximate surface area is 163 Å². The third-order valence-corrected chi connectivity index (χ3v) is 10.6. The first-order chi connectivity index (χ1) is 12.6. The van der Waals surface area contributed by atoms with Crippen LogP contribution in [0.4, 0.5) is 0 Å². The molecule has 3 saturated carbocycles. The first-order valence-corrected chi connectivity index (χ1v) is 10.3. The van der Waals surface area contributed by atoms with E-state index in [1.54, 1.807) is 13.8 Å². The Balaban J connectivity index is 1.83. The zero-order chi connectivity index (χ0) is 20.8. The van der Waals surface area contributed by atoms with E-state index in [9.17, 15) is 30.6 Å². The lowest BCUT2D eigenvalue weighted by molar-refractivity contribution is -0.469. The molecule has 8 nitrogen and oxygen atoms in total. The van der Waals surface area contributed by atoms with Gasteiger partial charge >= 0.3 is 0 Å². The highest BCUT2D eigenvalue weighted by Crippen LogP contribution is 2.91. The van der Waals surface area contributed by atoms with Crippen molar-refractivity contribution in [3.8, 4) is 0 Å². The van der Waals surface area contributed by atoms with Crippen molar-refractivity contribution in [1.29, 1.82) is 0 Å². The van der Waals surface area contributed by atoms with Crippen molar-refractivity contribution < 1.29 is 40.1 Å².